The van der Waals surface area contributed by atoms with E-state index in [4.69, 9.17) is 0 Å². The molecule has 0 bridgehead atoms. The van der Waals surface area contributed by atoms with E-state index in [1.165, 1.54) is 12.1 Å². The van der Waals surface area contributed by atoms with Gasteiger partial charge in [0, 0.05) is 5.69 Å². The molecule has 0 radical (unpaired) electrons. The average Bonchev–Trinajstić information content (AvgIpc) is 2.29. The third-order valence-electron chi connectivity index (χ3n) is 2.10. The minimum atomic E-state index is -0.351. The molecule has 0 aliphatic rings. The largest absolute Gasteiger partial charge is 0.325 e. The number of benzene rings is 1. The summed E-state index contributed by atoms with van der Waals surface area (Å²) in [7, 11) is 0. The monoisotopic (exact) mass is 256 g/mol. The first-order valence-corrected chi connectivity index (χ1v) is 6.87. The highest BCUT2D eigenvalue weighted by atomic mass is 32.2. The lowest BCUT2D eigenvalue weighted by atomic mass is 10.3. The minimum absolute atomic E-state index is 0.153. The number of nitrogens with one attached hydrogen (secondary N) is 2. The van der Waals surface area contributed by atoms with E-state index in [-0.39, 0.29) is 18.3 Å². The fraction of sp³-hybridized carbons (Fsp3) is 0.417. The summed E-state index contributed by atoms with van der Waals surface area (Å²) in [6.07, 6.45) is 3.09. The third kappa shape index (κ3) is 6.28. The van der Waals surface area contributed by atoms with E-state index in [2.05, 4.69) is 16.9 Å². The second kappa shape index (κ2) is 8.08. The molecule has 0 saturated heterocycles. The highest BCUT2D eigenvalue weighted by molar-refractivity contribution is 7.98. The Morgan fingerprint density at radius 3 is 3.00 bits per heavy atom. The summed E-state index contributed by atoms with van der Waals surface area (Å²) in [5.41, 5.74) is 0.487. The lowest BCUT2D eigenvalue weighted by molar-refractivity contribution is -0.115. The number of anilines is 1. The molecule has 2 N–H and O–H groups in total. The van der Waals surface area contributed by atoms with Crippen LogP contribution in [0.4, 0.5) is 10.1 Å². The second-order valence-corrected chi connectivity index (χ2v) is 4.57. The molecule has 0 aliphatic carbocycles. The molecule has 1 aromatic rings. The summed E-state index contributed by atoms with van der Waals surface area (Å²) < 4.78 is 12.8. The zero-order valence-electron chi connectivity index (χ0n) is 9.83. The van der Waals surface area contributed by atoms with Crippen LogP contribution in [0.15, 0.2) is 24.3 Å². The van der Waals surface area contributed by atoms with E-state index in [0.717, 1.165) is 18.7 Å². The molecular formula is C12H17FN2OS. The molecule has 1 rings (SSSR count). The Hall–Kier alpha value is -1.07. The summed E-state index contributed by atoms with van der Waals surface area (Å²) in [5.74, 6) is 0.578. The Morgan fingerprint density at radius 2 is 2.29 bits per heavy atom. The third-order valence-corrected chi connectivity index (χ3v) is 2.79. The quantitative estimate of drug-likeness (QED) is 0.734. The van der Waals surface area contributed by atoms with Gasteiger partial charge in [0.2, 0.25) is 5.91 Å². The number of hydrogen-bond acceptors (Lipinski definition) is 3. The highest BCUT2D eigenvalue weighted by Gasteiger charge is 2.01. The molecule has 0 heterocycles. The maximum atomic E-state index is 12.8. The van der Waals surface area contributed by atoms with E-state index in [9.17, 15) is 9.18 Å². The summed E-state index contributed by atoms with van der Waals surface area (Å²) in [6, 6.07) is 5.87. The van der Waals surface area contributed by atoms with Crippen LogP contribution in [0.2, 0.25) is 0 Å². The average molecular weight is 256 g/mol. The van der Waals surface area contributed by atoms with E-state index in [1.54, 1.807) is 23.9 Å². The zero-order chi connectivity index (χ0) is 12.5. The molecule has 0 fully saturated rings. The molecule has 17 heavy (non-hydrogen) atoms. The number of hydrogen-bond donors (Lipinski definition) is 2. The smallest absolute Gasteiger partial charge is 0.238 e. The SMILES string of the molecule is CSCCCNCC(=O)Nc1cccc(F)c1. The fourth-order valence-electron chi connectivity index (χ4n) is 1.31. The van der Waals surface area contributed by atoms with Crippen LogP contribution in [0, 0.1) is 5.82 Å². The van der Waals surface area contributed by atoms with E-state index >= 15 is 0 Å². The van der Waals surface area contributed by atoms with Gasteiger partial charge in [-0.2, -0.15) is 11.8 Å². The minimum Gasteiger partial charge on any atom is -0.325 e. The number of thioether (sulfide) groups is 1. The van der Waals surface area contributed by atoms with Gasteiger partial charge < -0.3 is 10.6 Å². The van der Waals surface area contributed by atoms with Crippen molar-refractivity contribution in [2.75, 3.05) is 30.4 Å². The first kappa shape index (κ1) is 14.0. The van der Waals surface area contributed by atoms with Gasteiger partial charge in [0.25, 0.3) is 0 Å². The molecule has 0 aliphatic heterocycles. The van der Waals surface area contributed by atoms with Crippen molar-refractivity contribution < 1.29 is 9.18 Å². The van der Waals surface area contributed by atoms with Gasteiger partial charge in [0.15, 0.2) is 0 Å². The van der Waals surface area contributed by atoms with E-state index in [1.807, 2.05) is 0 Å². The first-order valence-electron chi connectivity index (χ1n) is 5.47. The van der Waals surface area contributed by atoms with Crippen LogP contribution in [-0.2, 0) is 4.79 Å². The predicted octanol–water partition coefficient (Wildman–Crippen LogP) is 2.11. The highest BCUT2D eigenvalue weighted by Crippen LogP contribution is 2.08. The van der Waals surface area contributed by atoms with Crippen molar-refractivity contribution in [1.29, 1.82) is 0 Å². The number of carbonyl (C=O) groups excluding carboxylic acids is 1. The predicted molar refractivity (Wildman–Crippen MR) is 70.9 cm³/mol. The number of carbonyl (C=O) groups is 1. The molecule has 94 valence electrons. The molecule has 0 spiro atoms. The summed E-state index contributed by atoms with van der Waals surface area (Å²) in [5, 5.41) is 5.66. The van der Waals surface area contributed by atoms with Gasteiger partial charge >= 0.3 is 0 Å². The van der Waals surface area contributed by atoms with Crippen molar-refractivity contribution in [3.05, 3.63) is 30.1 Å². The summed E-state index contributed by atoms with van der Waals surface area (Å²) in [6.45, 7) is 1.07. The number of rotatable bonds is 7. The van der Waals surface area contributed by atoms with Crippen molar-refractivity contribution in [2.24, 2.45) is 0 Å². The van der Waals surface area contributed by atoms with Gasteiger partial charge in [-0.25, -0.2) is 4.39 Å². The van der Waals surface area contributed by atoms with Crippen LogP contribution in [0.5, 0.6) is 0 Å². The summed E-state index contributed by atoms with van der Waals surface area (Å²) >= 11 is 1.78. The van der Waals surface area contributed by atoms with Crippen LogP contribution in [0.1, 0.15) is 6.42 Å². The van der Waals surface area contributed by atoms with Crippen molar-refractivity contribution in [1.82, 2.24) is 5.32 Å². The Labute approximate surface area is 105 Å². The van der Waals surface area contributed by atoms with Crippen LogP contribution < -0.4 is 10.6 Å². The van der Waals surface area contributed by atoms with E-state index in [0.29, 0.717) is 5.69 Å². The molecule has 0 aromatic heterocycles. The maximum Gasteiger partial charge on any atom is 0.238 e. The first-order chi connectivity index (χ1) is 8.22. The van der Waals surface area contributed by atoms with E-state index < -0.39 is 0 Å². The Kier molecular flexibility index (Phi) is 6.65. The zero-order valence-corrected chi connectivity index (χ0v) is 10.6. The standard InChI is InChI=1S/C12H17FN2OS/c1-17-7-3-6-14-9-12(16)15-11-5-2-4-10(13)8-11/h2,4-5,8,14H,3,6-7,9H2,1H3,(H,15,16). The molecule has 1 aromatic carbocycles. The van der Waals surface area contributed by atoms with Crippen molar-refractivity contribution in [3.63, 3.8) is 0 Å². The normalized spacial score (nSPS) is 10.2. The number of amides is 1. The topological polar surface area (TPSA) is 41.1 Å². The Morgan fingerprint density at radius 1 is 1.47 bits per heavy atom. The maximum absolute atomic E-state index is 12.8. The fourth-order valence-corrected chi connectivity index (χ4v) is 1.75. The van der Waals surface area contributed by atoms with Crippen molar-refractivity contribution >= 4 is 23.4 Å². The van der Waals surface area contributed by atoms with Crippen LogP contribution in [0.25, 0.3) is 0 Å². The van der Waals surface area contributed by atoms with Crippen LogP contribution >= 0.6 is 11.8 Å². The molecule has 0 unspecified atom stereocenters. The second-order valence-electron chi connectivity index (χ2n) is 3.58. The Balaban J connectivity index is 2.21. The molecule has 0 saturated carbocycles. The van der Waals surface area contributed by atoms with Gasteiger partial charge in [0.05, 0.1) is 6.54 Å². The lowest BCUT2D eigenvalue weighted by Crippen LogP contribution is -2.29. The summed E-state index contributed by atoms with van der Waals surface area (Å²) in [4.78, 5) is 11.5. The molecule has 5 heteroatoms. The molecular weight excluding hydrogens is 239 g/mol. The van der Waals surface area contributed by atoms with Crippen LogP contribution in [-0.4, -0.2) is 31.0 Å². The van der Waals surface area contributed by atoms with Gasteiger partial charge in [-0.05, 0) is 43.2 Å². The van der Waals surface area contributed by atoms with Crippen molar-refractivity contribution in [3.8, 4) is 0 Å². The van der Waals surface area contributed by atoms with Gasteiger partial charge in [0.1, 0.15) is 5.82 Å². The number of halogens is 1. The van der Waals surface area contributed by atoms with Gasteiger partial charge in [-0.1, -0.05) is 6.07 Å². The molecule has 0 atom stereocenters. The molecule has 3 nitrogen and oxygen atoms in total. The van der Waals surface area contributed by atoms with Gasteiger partial charge in [-0.3, -0.25) is 4.79 Å². The van der Waals surface area contributed by atoms with Gasteiger partial charge in [-0.15, -0.1) is 0 Å². The van der Waals surface area contributed by atoms with Crippen LogP contribution in [0.3, 0.4) is 0 Å². The lowest BCUT2D eigenvalue weighted by Gasteiger charge is -2.06. The van der Waals surface area contributed by atoms with Crippen molar-refractivity contribution in [2.45, 2.75) is 6.42 Å². The molecule has 1 amide bonds. The Bertz CT molecular complexity index is 360.